The summed E-state index contributed by atoms with van der Waals surface area (Å²) in [6.07, 6.45) is 1.01. The van der Waals surface area contributed by atoms with Crippen LogP contribution in [0.25, 0.3) is 5.82 Å². The van der Waals surface area contributed by atoms with E-state index in [0.29, 0.717) is 6.04 Å². The molecule has 108 valence electrons. The zero-order chi connectivity index (χ0) is 14.7. The maximum atomic E-state index is 4.70. The highest BCUT2D eigenvalue weighted by atomic mass is 15.3. The summed E-state index contributed by atoms with van der Waals surface area (Å²) < 4.78 is 1.95. The minimum Gasteiger partial charge on any atom is -0.309 e. The lowest BCUT2D eigenvalue weighted by atomic mass is 10.1. The number of rotatable bonds is 5. The van der Waals surface area contributed by atoms with E-state index >= 15 is 0 Å². The van der Waals surface area contributed by atoms with Crippen LogP contribution in [0.1, 0.15) is 43.4 Å². The van der Waals surface area contributed by atoms with Crippen molar-refractivity contribution in [1.82, 2.24) is 20.1 Å². The van der Waals surface area contributed by atoms with Crippen molar-refractivity contribution in [2.24, 2.45) is 0 Å². The van der Waals surface area contributed by atoms with Crippen LogP contribution in [-0.2, 0) is 13.0 Å². The quantitative estimate of drug-likeness (QED) is 0.910. The molecule has 0 unspecified atom stereocenters. The van der Waals surface area contributed by atoms with E-state index < -0.39 is 0 Å². The molecule has 0 radical (unpaired) electrons. The van der Waals surface area contributed by atoms with Gasteiger partial charge >= 0.3 is 0 Å². The maximum Gasteiger partial charge on any atom is 0.153 e. The van der Waals surface area contributed by atoms with E-state index in [0.717, 1.165) is 30.2 Å². The largest absolute Gasteiger partial charge is 0.309 e. The lowest BCUT2D eigenvalue weighted by molar-refractivity contribution is 0.580. The van der Waals surface area contributed by atoms with Crippen molar-refractivity contribution >= 4 is 0 Å². The fourth-order valence-electron chi connectivity index (χ4n) is 2.40. The Bertz CT molecular complexity index is 584. The Hall–Kier alpha value is -1.68. The molecule has 4 heteroatoms. The van der Waals surface area contributed by atoms with Crippen molar-refractivity contribution in [1.29, 1.82) is 0 Å². The zero-order valence-corrected chi connectivity index (χ0v) is 13.1. The van der Waals surface area contributed by atoms with Crippen LogP contribution < -0.4 is 5.32 Å². The molecule has 0 fully saturated rings. The lowest BCUT2D eigenvalue weighted by Crippen LogP contribution is -2.22. The predicted molar refractivity (Wildman–Crippen MR) is 82.2 cm³/mol. The van der Waals surface area contributed by atoms with Gasteiger partial charge in [0.2, 0.25) is 0 Å². The van der Waals surface area contributed by atoms with Crippen molar-refractivity contribution in [2.45, 2.75) is 53.6 Å². The van der Waals surface area contributed by atoms with Gasteiger partial charge in [0, 0.05) is 18.3 Å². The number of aryl methyl sites for hydroxylation is 1. The molecule has 2 aromatic rings. The number of hydrogen-bond donors (Lipinski definition) is 1. The molecule has 0 aromatic carbocycles. The van der Waals surface area contributed by atoms with E-state index in [2.05, 4.69) is 45.0 Å². The highest BCUT2D eigenvalue weighted by molar-refractivity contribution is 5.33. The topological polar surface area (TPSA) is 42.7 Å². The SMILES string of the molecule is CCc1c(C)nn(-c2cccc(CNC(C)C)n2)c1C. The van der Waals surface area contributed by atoms with Gasteiger partial charge in [-0.25, -0.2) is 9.67 Å². The Morgan fingerprint density at radius 3 is 2.60 bits per heavy atom. The van der Waals surface area contributed by atoms with E-state index in [4.69, 9.17) is 4.98 Å². The molecule has 2 rings (SSSR count). The Balaban J connectivity index is 2.31. The van der Waals surface area contributed by atoms with Crippen molar-refractivity contribution in [3.05, 3.63) is 40.8 Å². The first kappa shape index (κ1) is 14.7. The van der Waals surface area contributed by atoms with E-state index in [1.807, 2.05) is 22.9 Å². The summed E-state index contributed by atoms with van der Waals surface area (Å²) in [6, 6.07) is 6.56. The molecule has 2 heterocycles. The van der Waals surface area contributed by atoms with Gasteiger partial charge in [0.15, 0.2) is 5.82 Å². The molecule has 0 aliphatic carbocycles. The lowest BCUT2D eigenvalue weighted by Gasteiger charge is -2.09. The third kappa shape index (κ3) is 3.07. The molecule has 20 heavy (non-hydrogen) atoms. The predicted octanol–water partition coefficient (Wildman–Crippen LogP) is 2.94. The molecule has 0 spiro atoms. The normalized spacial score (nSPS) is 11.3. The highest BCUT2D eigenvalue weighted by Crippen LogP contribution is 2.17. The van der Waals surface area contributed by atoms with Crippen LogP contribution in [0.4, 0.5) is 0 Å². The first-order chi connectivity index (χ1) is 9.52. The van der Waals surface area contributed by atoms with Gasteiger partial charge in [0.05, 0.1) is 11.4 Å². The van der Waals surface area contributed by atoms with Crippen LogP contribution in [0.2, 0.25) is 0 Å². The fourth-order valence-corrected chi connectivity index (χ4v) is 2.40. The van der Waals surface area contributed by atoms with Crippen LogP contribution in [-0.4, -0.2) is 20.8 Å². The van der Waals surface area contributed by atoms with Gasteiger partial charge in [-0.1, -0.05) is 26.8 Å². The molecule has 0 bridgehead atoms. The second-order valence-corrected chi connectivity index (χ2v) is 5.44. The van der Waals surface area contributed by atoms with E-state index in [9.17, 15) is 0 Å². The molecular weight excluding hydrogens is 248 g/mol. The minimum atomic E-state index is 0.459. The van der Waals surface area contributed by atoms with Crippen molar-refractivity contribution in [3.8, 4) is 5.82 Å². The molecule has 0 aliphatic rings. The highest BCUT2D eigenvalue weighted by Gasteiger charge is 2.12. The summed E-state index contributed by atoms with van der Waals surface area (Å²) >= 11 is 0. The smallest absolute Gasteiger partial charge is 0.153 e. The molecule has 1 N–H and O–H groups in total. The third-order valence-electron chi connectivity index (χ3n) is 3.50. The van der Waals surface area contributed by atoms with Gasteiger partial charge in [-0.15, -0.1) is 0 Å². The maximum absolute atomic E-state index is 4.70. The van der Waals surface area contributed by atoms with E-state index in [1.54, 1.807) is 0 Å². The summed E-state index contributed by atoms with van der Waals surface area (Å²) in [6.45, 7) is 11.4. The van der Waals surface area contributed by atoms with Crippen molar-refractivity contribution in [2.75, 3.05) is 0 Å². The van der Waals surface area contributed by atoms with Gasteiger partial charge in [0.1, 0.15) is 0 Å². The molecule has 0 atom stereocenters. The molecule has 0 saturated heterocycles. The Labute approximate surface area is 121 Å². The minimum absolute atomic E-state index is 0.459. The number of hydrogen-bond acceptors (Lipinski definition) is 3. The van der Waals surface area contributed by atoms with Crippen LogP contribution in [0.15, 0.2) is 18.2 Å². The second-order valence-electron chi connectivity index (χ2n) is 5.44. The summed E-state index contributed by atoms with van der Waals surface area (Å²) in [4.78, 5) is 4.70. The molecular formula is C16H24N4. The van der Waals surface area contributed by atoms with E-state index in [1.165, 1.54) is 11.3 Å². The average molecular weight is 272 g/mol. The van der Waals surface area contributed by atoms with Crippen LogP contribution in [0.5, 0.6) is 0 Å². The van der Waals surface area contributed by atoms with Crippen LogP contribution >= 0.6 is 0 Å². The summed E-state index contributed by atoms with van der Waals surface area (Å²) in [5, 5.41) is 8.01. The molecule has 2 aromatic heterocycles. The van der Waals surface area contributed by atoms with Crippen LogP contribution in [0.3, 0.4) is 0 Å². The third-order valence-corrected chi connectivity index (χ3v) is 3.50. The molecule has 0 amide bonds. The average Bonchev–Trinajstić information content (AvgIpc) is 2.71. The first-order valence-electron chi connectivity index (χ1n) is 7.27. The van der Waals surface area contributed by atoms with Crippen LogP contribution in [0, 0.1) is 13.8 Å². The van der Waals surface area contributed by atoms with Gasteiger partial charge in [-0.3, -0.25) is 0 Å². The van der Waals surface area contributed by atoms with Gasteiger partial charge in [0.25, 0.3) is 0 Å². The number of pyridine rings is 1. The van der Waals surface area contributed by atoms with Gasteiger partial charge in [-0.05, 0) is 38.0 Å². The second kappa shape index (κ2) is 6.18. The summed E-state index contributed by atoms with van der Waals surface area (Å²) in [7, 11) is 0. The van der Waals surface area contributed by atoms with E-state index in [-0.39, 0.29) is 0 Å². The Kier molecular flexibility index (Phi) is 4.55. The fraction of sp³-hybridized carbons (Fsp3) is 0.500. The Morgan fingerprint density at radius 2 is 2.00 bits per heavy atom. The number of aromatic nitrogens is 3. The Morgan fingerprint density at radius 1 is 1.25 bits per heavy atom. The standard InChI is InChI=1S/C16H24N4/c1-6-15-12(4)19-20(13(15)5)16-9-7-8-14(18-16)10-17-11(2)3/h7-9,11,17H,6,10H2,1-5H3. The van der Waals surface area contributed by atoms with Crippen molar-refractivity contribution < 1.29 is 0 Å². The molecule has 0 saturated carbocycles. The number of nitrogens with zero attached hydrogens (tertiary/aromatic N) is 3. The van der Waals surface area contributed by atoms with Crippen molar-refractivity contribution in [3.63, 3.8) is 0 Å². The zero-order valence-electron chi connectivity index (χ0n) is 13.1. The van der Waals surface area contributed by atoms with Gasteiger partial charge in [-0.2, -0.15) is 5.10 Å². The van der Waals surface area contributed by atoms with Gasteiger partial charge < -0.3 is 5.32 Å². The monoisotopic (exact) mass is 272 g/mol. The summed E-state index contributed by atoms with van der Waals surface area (Å²) in [5.74, 6) is 0.897. The first-order valence-corrected chi connectivity index (χ1v) is 7.27. The molecule has 0 aliphatic heterocycles. The molecule has 4 nitrogen and oxygen atoms in total. The summed E-state index contributed by atoms with van der Waals surface area (Å²) in [5.41, 5.74) is 4.64. The number of nitrogens with one attached hydrogen (secondary N) is 1.